The Morgan fingerprint density at radius 3 is 1.44 bits per heavy atom. The van der Waals surface area contributed by atoms with E-state index in [4.69, 9.17) is 0 Å². The third-order valence-electron chi connectivity index (χ3n) is 6.11. The molecule has 4 aromatic rings. The summed E-state index contributed by atoms with van der Waals surface area (Å²) >= 11 is 0. The van der Waals surface area contributed by atoms with Crippen LogP contribution in [0.15, 0.2) is 121 Å². The first-order valence-electron chi connectivity index (χ1n) is 11.8. The highest BCUT2D eigenvalue weighted by atomic mass is 15.2. The lowest BCUT2D eigenvalue weighted by Gasteiger charge is -2.35. The zero-order valence-corrected chi connectivity index (χ0v) is 19.4. The Morgan fingerprint density at radius 1 is 0.588 bits per heavy atom. The average molecular weight is 446 g/mol. The fourth-order valence-electron chi connectivity index (χ4n) is 4.33. The van der Waals surface area contributed by atoms with Crippen LogP contribution in [0.3, 0.4) is 0 Å². The molecule has 0 saturated heterocycles. The molecule has 0 aliphatic carbocycles. The van der Waals surface area contributed by atoms with Crippen molar-refractivity contribution in [1.82, 2.24) is 10.2 Å². The van der Waals surface area contributed by atoms with Gasteiger partial charge in [0.05, 0.1) is 6.07 Å². The number of nitrogens with zero attached hydrogens (tertiary/aromatic N) is 2. The number of nitrogens with one attached hydrogen (secondary N) is 1. The maximum absolute atomic E-state index is 10.3. The predicted molar refractivity (Wildman–Crippen MR) is 139 cm³/mol. The zero-order chi connectivity index (χ0) is 23.4. The van der Waals surface area contributed by atoms with Gasteiger partial charge in [0.25, 0.3) is 0 Å². The Kier molecular flexibility index (Phi) is 8.63. The summed E-state index contributed by atoms with van der Waals surface area (Å²) in [5.41, 5.74) is 4.91. The molecule has 0 aromatic heterocycles. The molecular formula is C31H31N3. The van der Waals surface area contributed by atoms with E-state index in [2.05, 4.69) is 101 Å². The highest BCUT2D eigenvalue weighted by molar-refractivity contribution is 5.22. The van der Waals surface area contributed by atoms with Crippen molar-refractivity contribution >= 4 is 0 Å². The third-order valence-corrected chi connectivity index (χ3v) is 6.11. The Hall–Kier alpha value is -3.71. The van der Waals surface area contributed by atoms with Crippen LogP contribution in [0.2, 0.25) is 0 Å². The molecule has 2 atom stereocenters. The van der Waals surface area contributed by atoms with E-state index in [0.717, 1.165) is 19.5 Å². The molecule has 3 nitrogen and oxygen atoms in total. The maximum Gasteiger partial charge on any atom is 0.112 e. The van der Waals surface area contributed by atoms with E-state index in [9.17, 15) is 5.26 Å². The van der Waals surface area contributed by atoms with Crippen molar-refractivity contribution in [3.05, 3.63) is 144 Å². The van der Waals surface area contributed by atoms with Gasteiger partial charge in [-0.25, -0.2) is 0 Å². The fourth-order valence-corrected chi connectivity index (χ4v) is 4.33. The van der Waals surface area contributed by atoms with Crippen LogP contribution >= 0.6 is 0 Å². The summed E-state index contributed by atoms with van der Waals surface area (Å²) in [6, 6.07) is 44.1. The summed E-state index contributed by atoms with van der Waals surface area (Å²) in [7, 11) is 0. The van der Waals surface area contributed by atoms with Crippen LogP contribution in [0.4, 0.5) is 0 Å². The number of rotatable bonds is 11. The SMILES string of the molecule is N#C[C@H](NCc1ccccc1)[C@H](Cc1ccccc1)N(Cc1ccccc1)Cc1ccccc1. The standard InChI is InChI=1S/C31H31N3/c32-22-30(33-23-27-15-7-2-8-16-27)31(21-26-13-5-1-6-14-26)34(24-28-17-9-3-10-18-28)25-29-19-11-4-12-20-29/h1-20,30-31,33H,21,23-25H2/t30-,31-/m0/s1. The van der Waals surface area contributed by atoms with Crippen LogP contribution in [-0.4, -0.2) is 17.0 Å². The second-order valence-corrected chi connectivity index (χ2v) is 8.61. The lowest BCUT2D eigenvalue weighted by molar-refractivity contribution is 0.154. The fraction of sp³-hybridized carbons (Fsp3) is 0.194. The highest BCUT2D eigenvalue weighted by Gasteiger charge is 2.28. The minimum atomic E-state index is -0.326. The molecule has 4 aromatic carbocycles. The van der Waals surface area contributed by atoms with E-state index < -0.39 is 0 Å². The van der Waals surface area contributed by atoms with Gasteiger partial charge in [-0.2, -0.15) is 5.26 Å². The van der Waals surface area contributed by atoms with Gasteiger partial charge in [0.1, 0.15) is 6.04 Å². The predicted octanol–water partition coefficient (Wildman–Crippen LogP) is 5.98. The van der Waals surface area contributed by atoms with Crippen LogP contribution in [0.25, 0.3) is 0 Å². The van der Waals surface area contributed by atoms with Crippen molar-refractivity contribution in [2.75, 3.05) is 0 Å². The van der Waals surface area contributed by atoms with Crippen molar-refractivity contribution in [3.8, 4) is 6.07 Å². The smallest absolute Gasteiger partial charge is 0.112 e. The van der Waals surface area contributed by atoms with Gasteiger partial charge in [0, 0.05) is 25.7 Å². The number of benzene rings is 4. The van der Waals surface area contributed by atoms with Gasteiger partial charge in [0.15, 0.2) is 0 Å². The monoisotopic (exact) mass is 445 g/mol. The van der Waals surface area contributed by atoms with E-state index in [-0.39, 0.29) is 12.1 Å². The van der Waals surface area contributed by atoms with Crippen molar-refractivity contribution in [2.45, 2.75) is 38.1 Å². The average Bonchev–Trinajstić information content (AvgIpc) is 2.90. The molecule has 0 fully saturated rings. The molecule has 0 bridgehead atoms. The van der Waals surface area contributed by atoms with Crippen molar-refractivity contribution < 1.29 is 0 Å². The van der Waals surface area contributed by atoms with Crippen molar-refractivity contribution in [1.29, 1.82) is 5.26 Å². The molecular weight excluding hydrogens is 414 g/mol. The second kappa shape index (κ2) is 12.5. The highest BCUT2D eigenvalue weighted by Crippen LogP contribution is 2.20. The lowest BCUT2D eigenvalue weighted by Crippen LogP contribution is -2.50. The van der Waals surface area contributed by atoms with E-state index in [0.29, 0.717) is 6.54 Å². The Bertz CT molecular complexity index is 1100. The minimum absolute atomic E-state index is 0.00322. The summed E-state index contributed by atoms with van der Waals surface area (Å²) in [6.45, 7) is 2.21. The van der Waals surface area contributed by atoms with E-state index >= 15 is 0 Å². The number of nitriles is 1. The first-order valence-corrected chi connectivity index (χ1v) is 11.8. The van der Waals surface area contributed by atoms with Crippen LogP contribution in [0.5, 0.6) is 0 Å². The first kappa shape index (κ1) is 23.4. The largest absolute Gasteiger partial charge is 0.296 e. The van der Waals surface area contributed by atoms with E-state index in [1.165, 1.54) is 22.3 Å². The van der Waals surface area contributed by atoms with Crippen LogP contribution < -0.4 is 5.32 Å². The molecule has 1 N–H and O–H groups in total. The molecule has 0 unspecified atom stereocenters. The van der Waals surface area contributed by atoms with Gasteiger partial charge < -0.3 is 0 Å². The lowest BCUT2D eigenvalue weighted by atomic mass is 9.96. The Balaban J connectivity index is 1.64. The number of hydrogen-bond acceptors (Lipinski definition) is 3. The van der Waals surface area contributed by atoms with Gasteiger partial charge in [-0.15, -0.1) is 0 Å². The molecule has 0 saturated carbocycles. The van der Waals surface area contributed by atoms with E-state index in [1.54, 1.807) is 0 Å². The van der Waals surface area contributed by atoms with Crippen LogP contribution in [0.1, 0.15) is 22.3 Å². The van der Waals surface area contributed by atoms with Crippen molar-refractivity contribution in [2.24, 2.45) is 0 Å². The topological polar surface area (TPSA) is 39.1 Å². The van der Waals surface area contributed by atoms with Gasteiger partial charge >= 0.3 is 0 Å². The quantitative estimate of drug-likeness (QED) is 0.309. The molecule has 0 aliphatic heterocycles. The summed E-state index contributed by atoms with van der Waals surface area (Å²) in [5.74, 6) is 0. The normalized spacial score (nSPS) is 12.7. The third kappa shape index (κ3) is 6.89. The maximum atomic E-state index is 10.3. The van der Waals surface area contributed by atoms with Crippen LogP contribution in [0, 0.1) is 11.3 Å². The Labute approximate surface area is 203 Å². The second-order valence-electron chi connectivity index (χ2n) is 8.61. The zero-order valence-electron chi connectivity index (χ0n) is 19.4. The first-order chi connectivity index (χ1) is 16.8. The molecule has 4 rings (SSSR count). The molecule has 0 radical (unpaired) electrons. The summed E-state index contributed by atoms with van der Waals surface area (Å²) in [6.07, 6.45) is 0.792. The van der Waals surface area contributed by atoms with Gasteiger partial charge in [-0.05, 0) is 28.7 Å². The Morgan fingerprint density at radius 2 is 1.00 bits per heavy atom. The molecule has 0 spiro atoms. The van der Waals surface area contributed by atoms with Crippen molar-refractivity contribution in [3.63, 3.8) is 0 Å². The van der Waals surface area contributed by atoms with Crippen LogP contribution in [-0.2, 0) is 26.1 Å². The van der Waals surface area contributed by atoms with E-state index in [1.807, 2.05) is 36.4 Å². The summed E-state index contributed by atoms with van der Waals surface area (Å²) in [4.78, 5) is 2.45. The summed E-state index contributed by atoms with van der Waals surface area (Å²) in [5, 5.41) is 13.8. The van der Waals surface area contributed by atoms with Gasteiger partial charge in [0.2, 0.25) is 0 Å². The van der Waals surface area contributed by atoms with Gasteiger partial charge in [-0.3, -0.25) is 10.2 Å². The molecule has 0 aliphatic rings. The minimum Gasteiger partial charge on any atom is -0.296 e. The molecule has 34 heavy (non-hydrogen) atoms. The molecule has 3 heteroatoms. The molecule has 0 amide bonds. The van der Waals surface area contributed by atoms with Gasteiger partial charge in [-0.1, -0.05) is 121 Å². The molecule has 170 valence electrons. The summed E-state index contributed by atoms with van der Waals surface area (Å²) < 4.78 is 0. The molecule has 0 heterocycles. The number of hydrogen-bond donors (Lipinski definition) is 1.